The minimum Gasteiger partial charge on any atom is -0.349 e. The molecule has 1 aliphatic rings. The predicted octanol–water partition coefficient (Wildman–Crippen LogP) is 2.12. The third kappa shape index (κ3) is 3.92. The van der Waals surface area contributed by atoms with Crippen LogP contribution in [0.3, 0.4) is 0 Å². The van der Waals surface area contributed by atoms with Crippen molar-refractivity contribution in [3.63, 3.8) is 0 Å². The molecule has 1 N–H and O–H groups in total. The van der Waals surface area contributed by atoms with Crippen LogP contribution < -0.4 is 5.32 Å². The quantitative estimate of drug-likeness (QED) is 0.858. The van der Waals surface area contributed by atoms with E-state index in [0.29, 0.717) is 32.5 Å². The summed E-state index contributed by atoms with van der Waals surface area (Å²) in [5.74, 6) is 1.07. The maximum Gasteiger partial charge on any atom is 0.228 e. The van der Waals surface area contributed by atoms with Crippen molar-refractivity contribution in [2.24, 2.45) is 0 Å². The lowest BCUT2D eigenvalue weighted by atomic mass is 10.1. The summed E-state index contributed by atoms with van der Waals surface area (Å²) in [7, 11) is 0. The molecular formula is C18H24N4O2S. The molecule has 2 amide bonds. The van der Waals surface area contributed by atoms with Gasteiger partial charge in [0.1, 0.15) is 5.82 Å². The van der Waals surface area contributed by atoms with Gasteiger partial charge in [-0.25, -0.2) is 4.98 Å². The molecule has 7 heteroatoms. The summed E-state index contributed by atoms with van der Waals surface area (Å²) < 4.78 is 2.13. The molecule has 134 valence electrons. The maximum absolute atomic E-state index is 12.6. The van der Waals surface area contributed by atoms with Crippen LogP contribution in [0, 0.1) is 0 Å². The van der Waals surface area contributed by atoms with Crippen LogP contribution in [0.5, 0.6) is 0 Å². The second-order valence-electron chi connectivity index (χ2n) is 6.12. The van der Waals surface area contributed by atoms with E-state index in [0.717, 1.165) is 35.1 Å². The van der Waals surface area contributed by atoms with Crippen LogP contribution in [-0.2, 0) is 42.1 Å². The lowest BCUT2D eigenvalue weighted by Gasteiger charge is -2.27. The number of hydrogen-bond donors (Lipinski definition) is 1. The number of hydrogen-bond acceptors (Lipinski definition) is 4. The average molecular weight is 360 g/mol. The number of thiophene rings is 1. The van der Waals surface area contributed by atoms with Gasteiger partial charge in [-0.1, -0.05) is 13.0 Å². The normalized spacial score (nSPS) is 13.6. The molecule has 0 fully saturated rings. The van der Waals surface area contributed by atoms with E-state index in [-0.39, 0.29) is 11.8 Å². The number of nitrogens with one attached hydrogen (secondary N) is 1. The Labute approximate surface area is 151 Å². The first-order valence-electron chi connectivity index (χ1n) is 8.76. The molecule has 0 saturated heterocycles. The van der Waals surface area contributed by atoms with Crippen LogP contribution >= 0.6 is 11.3 Å². The predicted molar refractivity (Wildman–Crippen MR) is 97.2 cm³/mol. The van der Waals surface area contributed by atoms with Gasteiger partial charge in [-0.2, -0.15) is 0 Å². The Kier molecular flexibility index (Phi) is 5.53. The van der Waals surface area contributed by atoms with Crippen molar-refractivity contribution in [1.29, 1.82) is 0 Å². The van der Waals surface area contributed by atoms with Gasteiger partial charge in [0, 0.05) is 30.8 Å². The Morgan fingerprint density at radius 1 is 1.36 bits per heavy atom. The monoisotopic (exact) mass is 360 g/mol. The van der Waals surface area contributed by atoms with E-state index in [9.17, 15) is 9.59 Å². The molecule has 1 aliphatic heterocycles. The molecule has 2 aromatic heterocycles. The molecule has 0 atom stereocenters. The van der Waals surface area contributed by atoms with Crippen LogP contribution in [0.2, 0.25) is 0 Å². The molecule has 25 heavy (non-hydrogen) atoms. The number of amides is 2. The van der Waals surface area contributed by atoms with Gasteiger partial charge < -0.3 is 14.8 Å². The first-order valence-corrected chi connectivity index (χ1v) is 9.64. The summed E-state index contributed by atoms with van der Waals surface area (Å²) in [5.41, 5.74) is 2.16. The molecule has 0 spiro atoms. The molecule has 0 radical (unpaired) electrons. The third-order valence-corrected chi connectivity index (χ3v) is 5.41. The van der Waals surface area contributed by atoms with Crippen LogP contribution in [0.15, 0.2) is 17.5 Å². The summed E-state index contributed by atoms with van der Waals surface area (Å²) in [4.78, 5) is 31.8. The second-order valence-corrected chi connectivity index (χ2v) is 7.15. The standard InChI is InChI=1S/C18H24N4O2S/c1-3-17(23)19-11-16-20-14-7-8-21(12-15(14)22(16)4-2)18(24)10-13-6-5-9-25-13/h5-6,9H,3-4,7-8,10-12H2,1-2H3,(H,19,23). The van der Waals surface area contributed by atoms with E-state index in [4.69, 9.17) is 4.98 Å². The van der Waals surface area contributed by atoms with Gasteiger partial charge in [-0.15, -0.1) is 11.3 Å². The number of carbonyl (C=O) groups excluding carboxylic acids is 2. The summed E-state index contributed by atoms with van der Waals surface area (Å²) in [5, 5.41) is 4.89. The van der Waals surface area contributed by atoms with E-state index in [2.05, 4.69) is 16.8 Å². The van der Waals surface area contributed by atoms with Crippen molar-refractivity contribution in [1.82, 2.24) is 19.8 Å². The van der Waals surface area contributed by atoms with E-state index in [1.165, 1.54) is 0 Å². The minimum absolute atomic E-state index is 0.0244. The number of rotatable bonds is 6. The van der Waals surface area contributed by atoms with Gasteiger partial charge in [0.2, 0.25) is 11.8 Å². The van der Waals surface area contributed by atoms with Gasteiger partial charge in [-0.05, 0) is 18.4 Å². The first-order chi connectivity index (χ1) is 12.1. The van der Waals surface area contributed by atoms with Crippen molar-refractivity contribution in [3.05, 3.63) is 39.6 Å². The van der Waals surface area contributed by atoms with Gasteiger partial charge >= 0.3 is 0 Å². The van der Waals surface area contributed by atoms with Gasteiger partial charge in [0.25, 0.3) is 0 Å². The van der Waals surface area contributed by atoms with E-state index in [1.54, 1.807) is 11.3 Å². The molecule has 3 rings (SSSR count). The number of fused-ring (bicyclic) bond motifs is 1. The lowest BCUT2D eigenvalue weighted by Crippen LogP contribution is -2.37. The second kappa shape index (κ2) is 7.82. The Hall–Kier alpha value is -2.15. The highest BCUT2D eigenvalue weighted by atomic mass is 32.1. The zero-order chi connectivity index (χ0) is 17.8. The highest BCUT2D eigenvalue weighted by Gasteiger charge is 2.26. The fraction of sp³-hybridized carbons (Fsp3) is 0.500. The molecule has 2 aromatic rings. The summed E-state index contributed by atoms with van der Waals surface area (Å²) in [6, 6.07) is 3.98. The van der Waals surface area contributed by atoms with E-state index >= 15 is 0 Å². The SMILES string of the molecule is CCC(=O)NCc1nc2c(n1CC)CN(C(=O)Cc1cccs1)CC2. The number of nitrogens with zero attached hydrogens (tertiary/aromatic N) is 3. The average Bonchev–Trinajstić information content (AvgIpc) is 3.25. The molecule has 0 aromatic carbocycles. The van der Waals surface area contributed by atoms with Crippen molar-refractivity contribution in [2.75, 3.05) is 6.54 Å². The maximum atomic E-state index is 12.6. The van der Waals surface area contributed by atoms with Crippen LogP contribution in [0.1, 0.15) is 42.4 Å². The third-order valence-electron chi connectivity index (χ3n) is 4.53. The van der Waals surface area contributed by atoms with Gasteiger partial charge in [-0.3, -0.25) is 9.59 Å². The molecule has 3 heterocycles. The van der Waals surface area contributed by atoms with Crippen LogP contribution in [0.25, 0.3) is 0 Å². The van der Waals surface area contributed by atoms with E-state index < -0.39 is 0 Å². The highest BCUT2D eigenvalue weighted by Crippen LogP contribution is 2.22. The lowest BCUT2D eigenvalue weighted by molar-refractivity contribution is -0.131. The summed E-state index contributed by atoms with van der Waals surface area (Å²) >= 11 is 1.62. The zero-order valence-corrected chi connectivity index (χ0v) is 15.6. The van der Waals surface area contributed by atoms with Crippen LogP contribution in [-0.4, -0.2) is 32.8 Å². The van der Waals surface area contributed by atoms with Crippen LogP contribution in [0.4, 0.5) is 0 Å². The summed E-state index contributed by atoms with van der Waals surface area (Å²) in [6.45, 7) is 6.44. The minimum atomic E-state index is 0.0244. The Morgan fingerprint density at radius 3 is 2.88 bits per heavy atom. The first kappa shape index (κ1) is 17.7. The van der Waals surface area contributed by atoms with Crippen molar-refractivity contribution in [2.45, 2.75) is 52.7 Å². The number of imidazole rings is 1. The molecule has 0 bridgehead atoms. The topological polar surface area (TPSA) is 67.2 Å². The Morgan fingerprint density at radius 2 is 2.20 bits per heavy atom. The number of aromatic nitrogens is 2. The molecule has 0 aliphatic carbocycles. The molecule has 6 nitrogen and oxygen atoms in total. The van der Waals surface area contributed by atoms with Crippen molar-refractivity contribution in [3.8, 4) is 0 Å². The van der Waals surface area contributed by atoms with Crippen molar-refractivity contribution < 1.29 is 9.59 Å². The largest absolute Gasteiger partial charge is 0.349 e. The van der Waals surface area contributed by atoms with Gasteiger partial charge in [0.15, 0.2) is 0 Å². The number of carbonyl (C=O) groups is 2. The van der Waals surface area contributed by atoms with Gasteiger partial charge in [0.05, 0.1) is 30.9 Å². The molecular weight excluding hydrogens is 336 g/mol. The fourth-order valence-electron chi connectivity index (χ4n) is 3.17. The Balaban J connectivity index is 1.72. The molecule has 0 unspecified atom stereocenters. The fourth-order valence-corrected chi connectivity index (χ4v) is 3.86. The summed E-state index contributed by atoms with van der Waals surface area (Å²) in [6.07, 6.45) is 1.71. The van der Waals surface area contributed by atoms with Crippen molar-refractivity contribution >= 4 is 23.2 Å². The Bertz CT molecular complexity index is 751. The molecule has 0 saturated carbocycles. The zero-order valence-electron chi connectivity index (χ0n) is 14.7. The van der Waals surface area contributed by atoms with E-state index in [1.807, 2.05) is 29.3 Å². The highest BCUT2D eigenvalue weighted by molar-refractivity contribution is 7.10. The smallest absolute Gasteiger partial charge is 0.228 e.